The smallest absolute Gasteiger partial charge is 0.338 e. The lowest BCUT2D eigenvalue weighted by molar-refractivity contribution is 0.0472. The van der Waals surface area contributed by atoms with Gasteiger partial charge in [0.15, 0.2) is 0 Å². The van der Waals surface area contributed by atoms with Gasteiger partial charge in [-0.25, -0.2) is 13.2 Å². The first-order valence-corrected chi connectivity index (χ1v) is 10.3. The maximum absolute atomic E-state index is 12.6. The van der Waals surface area contributed by atoms with Crippen molar-refractivity contribution >= 4 is 27.6 Å². The van der Waals surface area contributed by atoms with Crippen molar-refractivity contribution in [3.8, 4) is 0 Å². The highest BCUT2D eigenvalue weighted by Crippen LogP contribution is 2.21. The van der Waals surface area contributed by atoms with E-state index in [1.54, 1.807) is 18.2 Å². The molecule has 2 aromatic rings. The Morgan fingerprint density at radius 3 is 2.38 bits per heavy atom. The third-order valence-corrected chi connectivity index (χ3v) is 6.45. The van der Waals surface area contributed by atoms with Gasteiger partial charge >= 0.3 is 5.97 Å². The summed E-state index contributed by atoms with van der Waals surface area (Å²) < 4.78 is 32.0. The molecule has 0 atom stereocenters. The van der Waals surface area contributed by atoms with E-state index in [1.807, 2.05) is 6.07 Å². The Morgan fingerprint density at radius 1 is 1.04 bits per heavy atom. The van der Waals surface area contributed by atoms with Crippen LogP contribution in [0.3, 0.4) is 0 Å². The number of carbonyl (C=O) groups is 1. The number of sulfonamides is 1. The molecule has 1 saturated heterocycles. The molecule has 3 rings (SSSR count). The van der Waals surface area contributed by atoms with E-state index in [-0.39, 0.29) is 11.5 Å². The number of piperidine rings is 1. The van der Waals surface area contributed by atoms with Gasteiger partial charge in [0.1, 0.15) is 6.61 Å². The van der Waals surface area contributed by atoms with E-state index in [0.29, 0.717) is 23.7 Å². The van der Waals surface area contributed by atoms with Crippen molar-refractivity contribution in [3.63, 3.8) is 0 Å². The topological polar surface area (TPSA) is 63.7 Å². The van der Waals surface area contributed by atoms with Gasteiger partial charge in [-0.15, -0.1) is 0 Å². The molecule has 1 aliphatic heterocycles. The van der Waals surface area contributed by atoms with Gasteiger partial charge < -0.3 is 4.74 Å². The molecule has 0 bridgehead atoms. The fourth-order valence-corrected chi connectivity index (χ4v) is 4.61. The quantitative estimate of drug-likeness (QED) is 0.723. The van der Waals surface area contributed by atoms with Crippen LogP contribution >= 0.6 is 11.6 Å². The molecule has 26 heavy (non-hydrogen) atoms. The van der Waals surface area contributed by atoms with Gasteiger partial charge in [0, 0.05) is 18.1 Å². The summed E-state index contributed by atoms with van der Waals surface area (Å²) in [6, 6.07) is 12.9. The Kier molecular flexibility index (Phi) is 5.96. The average molecular weight is 394 g/mol. The van der Waals surface area contributed by atoms with E-state index in [2.05, 4.69) is 0 Å². The second-order valence-corrected chi connectivity index (χ2v) is 8.57. The normalized spacial score (nSPS) is 15.6. The summed E-state index contributed by atoms with van der Waals surface area (Å²) in [4.78, 5) is 12.4. The van der Waals surface area contributed by atoms with E-state index in [9.17, 15) is 13.2 Å². The van der Waals surface area contributed by atoms with E-state index in [0.717, 1.165) is 24.8 Å². The Balaban J connectivity index is 1.65. The number of hydrogen-bond acceptors (Lipinski definition) is 4. The number of esters is 1. The summed E-state index contributed by atoms with van der Waals surface area (Å²) in [6.07, 6.45) is 2.82. The minimum atomic E-state index is -3.50. The maximum atomic E-state index is 12.6. The molecule has 138 valence electrons. The zero-order valence-corrected chi connectivity index (χ0v) is 15.8. The fourth-order valence-electron chi connectivity index (χ4n) is 2.88. The molecular weight excluding hydrogens is 374 g/mol. The summed E-state index contributed by atoms with van der Waals surface area (Å²) in [5, 5.41) is 0.575. The highest BCUT2D eigenvalue weighted by Gasteiger charge is 2.26. The molecule has 0 saturated carbocycles. The molecule has 0 spiro atoms. The number of benzene rings is 2. The molecule has 0 radical (unpaired) electrons. The molecule has 0 aromatic heterocycles. The standard InChI is InChI=1S/C19H20ClNO4S/c20-17-6-4-5-15(13-17)14-25-19(22)16-7-9-18(10-8-16)26(23,24)21-11-2-1-3-12-21/h4-10,13H,1-3,11-12,14H2. The van der Waals surface area contributed by atoms with Gasteiger partial charge in [0.2, 0.25) is 10.0 Å². The summed E-state index contributed by atoms with van der Waals surface area (Å²) in [5.74, 6) is -0.508. The van der Waals surface area contributed by atoms with E-state index in [4.69, 9.17) is 16.3 Å². The van der Waals surface area contributed by atoms with Crippen molar-refractivity contribution in [1.29, 1.82) is 0 Å². The molecule has 1 fully saturated rings. The van der Waals surface area contributed by atoms with E-state index in [1.165, 1.54) is 28.6 Å². The molecular formula is C19H20ClNO4S. The van der Waals surface area contributed by atoms with Crippen LogP contribution in [-0.4, -0.2) is 31.8 Å². The first-order chi connectivity index (χ1) is 12.5. The zero-order chi connectivity index (χ0) is 18.6. The monoisotopic (exact) mass is 393 g/mol. The second kappa shape index (κ2) is 8.20. The Morgan fingerprint density at radius 2 is 1.73 bits per heavy atom. The van der Waals surface area contributed by atoms with Crippen molar-refractivity contribution in [1.82, 2.24) is 4.31 Å². The zero-order valence-electron chi connectivity index (χ0n) is 14.2. The Bertz CT molecular complexity index is 875. The van der Waals surface area contributed by atoms with Crippen molar-refractivity contribution < 1.29 is 17.9 Å². The summed E-state index contributed by atoms with van der Waals surface area (Å²) in [7, 11) is -3.50. The number of nitrogens with zero attached hydrogens (tertiary/aromatic N) is 1. The van der Waals surface area contributed by atoms with Crippen molar-refractivity contribution in [2.45, 2.75) is 30.8 Å². The Labute approximate surface area is 158 Å². The average Bonchev–Trinajstić information content (AvgIpc) is 2.67. The Hall–Kier alpha value is -1.89. The summed E-state index contributed by atoms with van der Waals surface area (Å²) >= 11 is 5.90. The molecule has 0 amide bonds. The molecule has 1 heterocycles. The van der Waals surface area contributed by atoms with Gasteiger partial charge in [-0.1, -0.05) is 30.2 Å². The van der Waals surface area contributed by atoms with Crippen LogP contribution in [0.5, 0.6) is 0 Å². The van der Waals surface area contributed by atoms with Crippen LogP contribution in [0.2, 0.25) is 5.02 Å². The lowest BCUT2D eigenvalue weighted by Gasteiger charge is -2.25. The SMILES string of the molecule is O=C(OCc1cccc(Cl)c1)c1ccc(S(=O)(=O)N2CCCCC2)cc1. The number of carbonyl (C=O) groups excluding carboxylic acids is 1. The molecule has 1 aliphatic rings. The number of halogens is 1. The van der Waals surface area contributed by atoms with Gasteiger partial charge in [0.25, 0.3) is 0 Å². The lowest BCUT2D eigenvalue weighted by atomic mass is 10.2. The lowest BCUT2D eigenvalue weighted by Crippen LogP contribution is -2.35. The van der Waals surface area contributed by atoms with Crippen molar-refractivity contribution in [2.24, 2.45) is 0 Å². The highest BCUT2D eigenvalue weighted by molar-refractivity contribution is 7.89. The van der Waals surface area contributed by atoms with Crippen LogP contribution < -0.4 is 0 Å². The van der Waals surface area contributed by atoms with Crippen LogP contribution in [0, 0.1) is 0 Å². The predicted octanol–water partition coefficient (Wildman–Crippen LogP) is 3.87. The molecule has 0 unspecified atom stereocenters. The minimum Gasteiger partial charge on any atom is -0.457 e. The number of hydrogen-bond donors (Lipinski definition) is 0. The minimum absolute atomic E-state index is 0.104. The highest BCUT2D eigenvalue weighted by atomic mass is 35.5. The van der Waals surface area contributed by atoms with Gasteiger partial charge in [0.05, 0.1) is 10.5 Å². The van der Waals surface area contributed by atoms with Crippen LogP contribution in [0.1, 0.15) is 35.2 Å². The first kappa shape index (κ1) is 18.9. The third kappa shape index (κ3) is 4.44. The van der Waals surface area contributed by atoms with Crippen LogP contribution in [0.25, 0.3) is 0 Å². The van der Waals surface area contributed by atoms with Crippen molar-refractivity contribution in [2.75, 3.05) is 13.1 Å². The van der Waals surface area contributed by atoms with Gasteiger partial charge in [-0.2, -0.15) is 4.31 Å². The maximum Gasteiger partial charge on any atom is 0.338 e. The second-order valence-electron chi connectivity index (χ2n) is 6.20. The summed E-state index contributed by atoms with van der Waals surface area (Å²) in [5.41, 5.74) is 1.10. The van der Waals surface area contributed by atoms with Gasteiger partial charge in [-0.05, 0) is 54.8 Å². The van der Waals surface area contributed by atoms with E-state index >= 15 is 0 Å². The molecule has 0 aliphatic carbocycles. The van der Waals surface area contributed by atoms with Gasteiger partial charge in [-0.3, -0.25) is 0 Å². The number of ether oxygens (including phenoxy) is 1. The summed E-state index contributed by atoms with van der Waals surface area (Å²) in [6.45, 7) is 1.20. The first-order valence-electron chi connectivity index (χ1n) is 8.48. The number of rotatable bonds is 5. The molecule has 2 aromatic carbocycles. The van der Waals surface area contributed by atoms with Crippen LogP contribution in [0.4, 0.5) is 0 Å². The fraction of sp³-hybridized carbons (Fsp3) is 0.316. The van der Waals surface area contributed by atoms with E-state index < -0.39 is 16.0 Å². The largest absolute Gasteiger partial charge is 0.457 e. The van der Waals surface area contributed by atoms with Crippen LogP contribution in [0.15, 0.2) is 53.4 Å². The molecule has 5 nitrogen and oxygen atoms in total. The van der Waals surface area contributed by atoms with Crippen molar-refractivity contribution in [3.05, 3.63) is 64.7 Å². The predicted molar refractivity (Wildman–Crippen MR) is 99.6 cm³/mol. The molecule has 7 heteroatoms. The molecule has 0 N–H and O–H groups in total. The van der Waals surface area contributed by atoms with Crippen LogP contribution in [-0.2, 0) is 21.4 Å². The third-order valence-electron chi connectivity index (χ3n) is 4.30.